The summed E-state index contributed by atoms with van der Waals surface area (Å²) in [6.45, 7) is 2.79. The van der Waals surface area contributed by atoms with Crippen LogP contribution in [0.3, 0.4) is 0 Å². The van der Waals surface area contributed by atoms with Gasteiger partial charge in [0.25, 0.3) is 0 Å². The van der Waals surface area contributed by atoms with Crippen molar-refractivity contribution in [3.8, 4) is 0 Å². The number of aromatic nitrogens is 3. The van der Waals surface area contributed by atoms with Gasteiger partial charge in [-0.2, -0.15) is 15.0 Å². The van der Waals surface area contributed by atoms with Crippen molar-refractivity contribution in [1.29, 1.82) is 0 Å². The topological polar surface area (TPSA) is 62.7 Å². The molecule has 106 valence electrons. The third-order valence-electron chi connectivity index (χ3n) is 2.32. The molecular weight excluding hydrogens is 321 g/mol. The van der Waals surface area contributed by atoms with Crippen LogP contribution in [0.25, 0.3) is 0 Å². The summed E-state index contributed by atoms with van der Waals surface area (Å²) in [5.41, 5.74) is 0.600. The highest BCUT2D eigenvalue weighted by Crippen LogP contribution is 2.27. The van der Waals surface area contributed by atoms with Crippen molar-refractivity contribution >= 4 is 52.4 Å². The van der Waals surface area contributed by atoms with Gasteiger partial charge in [-0.25, -0.2) is 0 Å². The molecule has 2 rings (SSSR count). The van der Waals surface area contributed by atoms with E-state index in [0.717, 1.165) is 13.0 Å². The van der Waals surface area contributed by atoms with Crippen LogP contribution >= 0.6 is 34.8 Å². The Morgan fingerprint density at radius 2 is 1.80 bits per heavy atom. The van der Waals surface area contributed by atoms with Crippen LogP contribution in [-0.2, 0) is 0 Å². The standard InChI is InChI=1S/C12H12Cl3N5/c1-2-5-16-11-18-10(15)19-12(20-11)17-9-6-7(13)3-4-8(9)14/h3-4,6H,2,5H2,1H3,(H2,16,17,18,19,20). The zero-order valence-corrected chi connectivity index (χ0v) is 12.9. The average molecular weight is 333 g/mol. The maximum absolute atomic E-state index is 6.07. The number of hydrogen-bond donors (Lipinski definition) is 2. The van der Waals surface area contributed by atoms with Crippen molar-refractivity contribution in [3.05, 3.63) is 33.5 Å². The third kappa shape index (κ3) is 4.10. The second kappa shape index (κ2) is 6.92. The lowest BCUT2D eigenvalue weighted by atomic mass is 10.3. The fourth-order valence-corrected chi connectivity index (χ4v) is 1.93. The van der Waals surface area contributed by atoms with Gasteiger partial charge in [0.2, 0.25) is 17.2 Å². The first-order valence-corrected chi connectivity index (χ1v) is 7.09. The van der Waals surface area contributed by atoms with Gasteiger partial charge >= 0.3 is 0 Å². The van der Waals surface area contributed by atoms with Gasteiger partial charge in [-0.15, -0.1) is 0 Å². The summed E-state index contributed by atoms with van der Waals surface area (Å²) in [6, 6.07) is 5.07. The highest BCUT2D eigenvalue weighted by atomic mass is 35.5. The molecule has 8 heteroatoms. The lowest BCUT2D eigenvalue weighted by Gasteiger charge is -2.09. The molecule has 0 aliphatic carbocycles. The molecule has 0 spiro atoms. The van der Waals surface area contributed by atoms with Gasteiger partial charge < -0.3 is 10.6 Å². The minimum Gasteiger partial charge on any atom is -0.354 e. The zero-order chi connectivity index (χ0) is 14.5. The number of nitrogens with one attached hydrogen (secondary N) is 2. The number of halogens is 3. The van der Waals surface area contributed by atoms with Crippen molar-refractivity contribution in [2.45, 2.75) is 13.3 Å². The van der Waals surface area contributed by atoms with Crippen molar-refractivity contribution < 1.29 is 0 Å². The Bertz CT molecular complexity index is 606. The second-order valence-electron chi connectivity index (χ2n) is 3.93. The Labute approximate surface area is 131 Å². The van der Waals surface area contributed by atoms with E-state index in [0.29, 0.717) is 27.6 Å². The van der Waals surface area contributed by atoms with Crippen molar-refractivity contribution in [1.82, 2.24) is 15.0 Å². The summed E-state index contributed by atoms with van der Waals surface area (Å²) in [4.78, 5) is 12.2. The van der Waals surface area contributed by atoms with E-state index in [4.69, 9.17) is 34.8 Å². The number of rotatable bonds is 5. The first-order chi connectivity index (χ1) is 9.58. The van der Waals surface area contributed by atoms with Crippen LogP contribution in [0.1, 0.15) is 13.3 Å². The fraction of sp³-hybridized carbons (Fsp3) is 0.250. The molecule has 0 aliphatic rings. The molecule has 0 fully saturated rings. The number of nitrogens with zero attached hydrogens (tertiary/aromatic N) is 3. The van der Waals surface area contributed by atoms with Crippen LogP contribution in [-0.4, -0.2) is 21.5 Å². The molecule has 0 saturated carbocycles. The lowest BCUT2D eigenvalue weighted by molar-refractivity contribution is 0.940. The van der Waals surface area contributed by atoms with E-state index in [9.17, 15) is 0 Å². The van der Waals surface area contributed by atoms with E-state index >= 15 is 0 Å². The van der Waals surface area contributed by atoms with Gasteiger partial charge in [-0.3, -0.25) is 0 Å². The minimum atomic E-state index is 0.0965. The molecular formula is C12H12Cl3N5. The summed E-state index contributed by atoms with van der Waals surface area (Å²) in [6.07, 6.45) is 0.951. The van der Waals surface area contributed by atoms with Crippen LogP contribution in [0, 0.1) is 0 Å². The molecule has 5 nitrogen and oxygen atoms in total. The molecule has 1 aromatic heterocycles. The second-order valence-corrected chi connectivity index (χ2v) is 5.11. The predicted molar refractivity (Wildman–Crippen MR) is 83.4 cm³/mol. The van der Waals surface area contributed by atoms with Gasteiger partial charge in [0.1, 0.15) is 0 Å². The van der Waals surface area contributed by atoms with Gasteiger partial charge in [0.15, 0.2) is 0 Å². The molecule has 1 aromatic carbocycles. The van der Waals surface area contributed by atoms with Crippen LogP contribution in [0.2, 0.25) is 15.3 Å². The largest absolute Gasteiger partial charge is 0.354 e. The fourth-order valence-electron chi connectivity index (χ4n) is 1.44. The van der Waals surface area contributed by atoms with Crippen LogP contribution < -0.4 is 10.6 Å². The van der Waals surface area contributed by atoms with E-state index in [1.165, 1.54) is 0 Å². The molecule has 2 aromatic rings. The average Bonchev–Trinajstić information content (AvgIpc) is 2.40. The monoisotopic (exact) mass is 331 g/mol. The summed E-state index contributed by atoms with van der Waals surface area (Å²) >= 11 is 17.9. The molecule has 20 heavy (non-hydrogen) atoms. The van der Waals surface area contributed by atoms with Crippen LogP contribution in [0.15, 0.2) is 18.2 Å². The molecule has 0 atom stereocenters. The normalized spacial score (nSPS) is 10.4. The first-order valence-electron chi connectivity index (χ1n) is 5.96. The zero-order valence-electron chi connectivity index (χ0n) is 10.6. The third-order valence-corrected chi connectivity index (χ3v) is 3.05. The molecule has 0 aliphatic heterocycles. The Balaban J connectivity index is 2.24. The van der Waals surface area contributed by atoms with E-state index in [1.54, 1.807) is 18.2 Å². The number of benzene rings is 1. The quantitative estimate of drug-likeness (QED) is 0.850. The lowest BCUT2D eigenvalue weighted by Crippen LogP contribution is -2.07. The molecule has 1 heterocycles. The van der Waals surface area contributed by atoms with Gasteiger partial charge in [0, 0.05) is 11.6 Å². The van der Waals surface area contributed by atoms with Crippen molar-refractivity contribution in [2.24, 2.45) is 0 Å². The van der Waals surface area contributed by atoms with Gasteiger partial charge in [0.05, 0.1) is 10.7 Å². The summed E-state index contributed by atoms with van der Waals surface area (Å²) < 4.78 is 0. The van der Waals surface area contributed by atoms with E-state index in [1.807, 2.05) is 6.92 Å². The van der Waals surface area contributed by atoms with Crippen molar-refractivity contribution in [2.75, 3.05) is 17.2 Å². The summed E-state index contributed by atoms with van der Waals surface area (Å²) in [5.74, 6) is 0.709. The summed E-state index contributed by atoms with van der Waals surface area (Å²) in [5, 5.41) is 7.17. The maximum Gasteiger partial charge on any atom is 0.233 e. The molecule has 2 N–H and O–H groups in total. The van der Waals surface area contributed by atoms with Gasteiger partial charge in [-0.1, -0.05) is 30.1 Å². The van der Waals surface area contributed by atoms with E-state index < -0.39 is 0 Å². The predicted octanol–water partition coefficient (Wildman–Crippen LogP) is 4.40. The van der Waals surface area contributed by atoms with E-state index in [2.05, 4.69) is 25.6 Å². The van der Waals surface area contributed by atoms with E-state index in [-0.39, 0.29) is 5.28 Å². The minimum absolute atomic E-state index is 0.0965. The Hall–Kier alpha value is -1.30. The molecule has 0 amide bonds. The smallest absolute Gasteiger partial charge is 0.233 e. The van der Waals surface area contributed by atoms with Crippen LogP contribution in [0.4, 0.5) is 17.6 Å². The van der Waals surface area contributed by atoms with Crippen molar-refractivity contribution in [3.63, 3.8) is 0 Å². The summed E-state index contributed by atoms with van der Waals surface area (Å²) in [7, 11) is 0. The molecule has 0 saturated heterocycles. The SMILES string of the molecule is CCCNc1nc(Cl)nc(Nc2cc(Cl)ccc2Cl)n1. The Morgan fingerprint density at radius 3 is 2.55 bits per heavy atom. The Morgan fingerprint density at radius 1 is 1.05 bits per heavy atom. The molecule has 0 radical (unpaired) electrons. The highest BCUT2D eigenvalue weighted by molar-refractivity contribution is 6.35. The van der Waals surface area contributed by atoms with Gasteiger partial charge in [-0.05, 0) is 36.2 Å². The number of anilines is 3. The highest BCUT2D eigenvalue weighted by Gasteiger charge is 2.07. The first kappa shape index (κ1) is 15.1. The Kier molecular flexibility index (Phi) is 5.23. The molecule has 0 bridgehead atoms. The number of hydrogen-bond acceptors (Lipinski definition) is 5. The maximum atomic E-state index is 6.07. The molecule has 0 unspecified atom stereocenters. The van der Waals surface area contributed by atoms with Crippen LogP contribution in [0.5, 0.6) is 0 Å².